The van der Waals surface area contributed by atoms with E-state index in [1.165, 1.54) is 26.1 Å². The highest BCUT2D eigenvalue weighted by atomic mass is 79.9. The molecule has 0 aliphatic carbocycles. The lowest BCUT2D eigenvalue weighted by atomic mass is 10.1. The number of anilines is 1. The van der Waals surface area contributed by atoms with Gasteiger partial charge >= 0.3 is 0 Å². The van der Waals surface area contributed by atoms with Gasteiger partial charge in [-0.15, -0.1) is 4.41 Å². The van der Waals surface area contributed by atoms with Crippen molar-refractivity contribution in [3.05, 3.63) is 118 Å². The van der Waals surface area contributed by atoms with E-state index in [4.69, 9.17) is 0 Å². The summed E-state index contributed by atoms with van der Waals surface area (Å²) < 4.78 is 60.2. The van der Waals surface area contributed by atoms with Gasteiger partial charge in [-0.25, -0.2) is 26.1 Å². The first kappa shape index (κ1) is 25.8. The number of rotatable bonds is 4. The van der Waals surface area contributed by atoms with Gasteiger partial charge in [0.05, 0.1) is 22.8 Å². The molecule has 8 nitrogen and oxygen atoms in total. The zero-order valence-electron chi connectivity index (χ0n) is 20.7. The quantitative estimate of drug-likeness (QED) is 0.289. The predicted molar refractivity (Wildman–Crippen MR) is 153 cm³/mol. The summed E-state index contributed by atoms with van der Waals surface area (Å²) in [6.45, 7) is 1.78. The normalized spacial score (nSPS) is 17.2. The van der Waals surface area contributed by atoms with Crippen LogP contribution in [0.2, 0.25) is 0 Å². The third-order valence-electron chi connectivity index (χ3n) is 6.76. The van der Waals surface area contributed by atoms with Crippen LogP contribution in [0.1, 0.15) is 22.9 Å². The summed E-state index contributed by atoms with van der Waals surface area (Å²) >= 11 is 3.41. The van der Waals surface area contributed by atoms with E-state index >= 15 is 0 Å². The fourth-order valence-corrected chi connectivity index (χ4v) is 8.84. The highest BCUT2D eigenvalue weighted by Gasteiger charge is 2.47. The molecule has 0 spiro atoms. The number of nitrogens with zero attached hydrogens (tertiary/aromatic N) is 4. The Morgan fingerprint density at radius 3 is 2.23 bits per heavy atom. The number of hydrogen-bond donors (Lipinski definition) is 0. The Labute approximate surface area is 236 Å². The molecule has 0 N–H and O–H groups in total. The molecule has 0 unspecified atom stereocenters. The number of benzene rings is 4. The summed E-state index contributed by atoms with van der Waals surface area (Å²) in [6.07, 6.45) is 0.326. The zero-order valence-corrected chi connectivity index (χ0v) is 23.9. The van der Waals surface area contributed by atoms with Gasteiger partial charge in [0.25, 0.3) is 20.0 Å². The number of fused-ring (bicyclic) bond motifs is 4. The Hall–Kier alpha value is -3.51. The van der Waals surface area contributed by atoms with Gasteiger partial charge in [0, 0.05) is 10.0 Å². The Morgan fingerprint density at radius 1 is 0.795 bits per heavy atom. The highest BCUT2D eigenvalue weighted by Crippen LogP contribution is 2.46. The SMILES string of the molecule is Cc1ccc(S(=O)(=O)N2Cc3ccccc3N(S(=O)(=O)c3ccccc3Br)[C@@H]3c4ccccc4N=CN32)cc1. The van der Waals surface area contributed by atoms with Gasteiger partial charge in [0.2, 0.25) is 0 Å². The molecule has 0 saturated carbocycles. The molecule has 39 heavy (non-hydrogen) atoms. The molecular weight excluding hydrogens is 600 g/mol. The third-order valence-corrected chi connectivity index (χ3v) is 11.3. The smallest absolute Gasteiger partial charge is 0.253 e. The van der Waals surface area contributed by atoms with E-state index in [1.54, 1.807) is 84.9 Å². The van der Waals surface area contributed by atoms with Gasteiger partial charge in [0.15, 0.2) is 6.17 Å². The van der Waals surface area contributed by atoms with Crippen LogP contribution in [-0.4, -0.2) is 32.6 Å². The molecule has 198 valence electrons. The van der Waals surface area contributed by atoms with Crippen molar-refractivity contribution >= 4 is 53.7 Å². The standard InChI is InChI=1S/C28H23BrN4O4S2/c1-20-14-16-22(17-15-20)38(34,35)32-18-21-8-2-6-12-26(21)33(39(36,37)27-13-7-4-10-24(27)29)28-23-9-3-5-11-25(23)30-19-31(28)32/h2-17,19,28H,18H2,1H3/t28-/m1/s1. The summed E-state index contributed by atoms with van der Waals surface area (Å²) in [5, 5.41) is 1.41. The fraction of sp³-hybridized carbons (Fsp3) is 0.107. The molecule has 2 aliphatic heterocycles. The molecular formula is C28H23BrN4O4S2. The average molecular weight is 624 g/mol. The monoisotopic (exact) mass is 622 g/mol. The molecule has 11 heteroatoms. The zero-order chi connectivity index (χ0) is 27.4. The van der Waals surface area contributed by atoms with Gasteiger partial charge in [-0.1, -0.05) is 66.2 Å². The largest absolute Gasteiger partial charge is 0.267 e. The maximum atomic E-state index is 14.5. The molecule has 6 rings (SSSR count). The van der Waals surface area contributed by atoms with Crippen molar-refractivity contribution in [3.8, 4) is 0 Å². The van der Waals surface area contributed by atoms with E-state index < -0.39 is 26.2 Å². The number of halogens is 1. The van der Waals surface area contributed by atoms with Crippen molar-refractivity contribution in [1.82, 2.24) is 9.42 Å². The van der Waals surface area contributed by atoms with Crippen molar-refractivity contribution in [2.45, 2.75) is 29.4 Å². The van der Waals surface area contributed by atoms with Crippen LogP contribution in [-0.2, 0) is 26.6 Å². The maximum absolute atomic E-state index is 14.5. The summed E-state index contributed by atoms with van der Waals surface area (Å²) in [5.41, 5.74) is 2.95. The Bertz CT molecular complexity index is 1830. The molecule has 0 amide bonds. The Balaban J connectivity index is 1.64. The first-order valence-electron chi connectivity index (χ1n) is 12.1. The van der Waals surface area contributed by atoms with Crippen LogP contribution in [0, 0.1) is 6.92 Å². The third kappa shape index (κ3) is 4.26. The molecule has 2 heterocycles. The van der Waals surface area contributed by atoms with E-state index in [9.17, 15) is 16.8 Å². The van der Waals surface area contributed by atoms with Crippen molar-refractivity contribution in [3.63, 3.8) is 0 Å². The molecule has 0 saturated heterocycles. The lowest BCUT2D eigenvalue weighted by molar-refractivity contribution is 0.104. The lowest BCUT2D eigenvalue weighted by Gasteiger charge is -2.42. The Morgan fingerprint density at radius 2 is 1.46 bits per heavy atom. The van der Waals surface area contributed by atoms with Gasteiger partial charge in [0.1, 0.15) is 11.2 Å². The van der Waals surface area contributed by atoms with E-state index in [0.717, 1.165) is 5.56 Å². The van der Waals surface area contributed by atoms with Crippen LogP contribution in [0.5, 0.6) is 0 Å². The fourth-order valence-electron chi connectivity index (χ4n) is 4.84. The van der Waals surface area contributed by atoms with E-state index in [1.807, 2.05) is 13.0 Å². The average Bonchev–Trinajstić information content (AvgIpc) is 3.09. The summed E-state index contributed by atoms with van der Waals surface area (Å²) in [7, 11) is -8.34. The molecule has 1 atom stereocenters. The molecule has 0 radical (unpaired) electrons. The first-order chi connectivity index (χ1) is 18.7. The molecule has 0 fully saturated rings. The molecule has 4 aromatic carbocycles. The van der Waals surface area contributed by atoms with Crippen LogP contribution in [0.15, 0.2) is 116 Å². The Kier molecular flexibility index (Phi) is 6.34. The maximum Gasteiger partial charge on any atom is 0.267 e. The molecule has 2 aliphatic rings. The minimum Gasteiger partial charge on any atom is -0.253 e. The number of aliphatic imine (C=N–C) groups is 1. The van der Waals surface area contributed by atoms with Crippen molar-refractivity contribution in [2.75, 3.05) is 4.31 Å². The van der Waals surface area contributed by atoms with Gasteiger partial charge in [-0.2, -0.15) is 0 Å². The summed E-state index contributed by atoms with van der Waals surface area (Å²) in [5.74, 6) is 0. The van der Waals surface area contributed by atoms with Crippen molar-refractivity contribution in [2.24, 2.45) is 4.99 Å². The molecule has 4 aromatic rings. The van der Waals surface area contributed by atoms with E-state index in [-0.39, 0.29) is 16.3 Å². The van der Waals surface area contributed by atoms with Crippen molar-refractivity contribution in [1.29, 1.82) is 0 Å². The second-order valence-corrected chi connectivity index (χ2v) is 13.7. The van der Waals surface area contributed by atoms with E-state index in [2.05, 4.69) is 20.9 Å². The predicted octanol–water partition coefficient (Wildman–Crippen LogP) is 5.75. The topological polar surface area (TPSA) is 90.4 Å². The van der Waals surface area contributed by atoms with Crippen LogP contribution in [0.4, 0.5) is 11.4 Å². The molecule has 0 bridgehead atoms. The number of hydrazine groups is 1. The van der Waals surface area contributed by atoms with Crippen LogP contribution in [0.25, 0.3) is 0 Å². The number of aryl methyl sites for hydroxylation is 1. The first-order valence-corrected chi connectivity index (χ1v) is 15.7. The van der Waals surface area contributed by atoms with Crippen LogP contribution < -0.4 is 4.31 Å². The second-order valence-electron chi connectivity index (χ2n) is 9.22. The second kappa shape index (κ2) is 9.60. The van der Waals surface area contributed by atoms with Gasteiger partial charge in [-0.3, -0.25) is 5.01 Å². The lowest BCUT2D eigenvalue weighted by Crippen LogP contribution is -2.52. The minimum atomic E-state index is -4.22. The van der Waals surface area contributed by atoms with Crippen molar-refractivity contribution < 1.29 is 16.8 Å². The number of para-hydroxylation sites is 2. The number of hydrogen-bond acceptors (Lipinski definition) is 6. The van der Waals surface area contributed by atoms with Crippen LogP contribution >= 0.6 is 15.9 Å². The minimum absolute atomic E-state index is 0.0644. The summed E-state index contributed by atoms with van der Waals surface area (Å²) in [6, 6.07) is 27.3. The van der Waals surface area contributed by atoms with Crippen LogP contribution in [0.3, 0.4) is 0 Å². The number of sulfonamides is 2. The highest BCUT2D eigenvalue weighted by molar-refractivity contribution is 9.10. The molecule has 0 aromatic heterocycles. The van der Waals surface area contributed by atoms with Gasteiger partial charge < -0.3 is 0 Å². The van der Waals surface area contributed by atoms with Gasteiger partial charge in [-0.05, 0) is 64.8 Å². The summed E-state index contributed by atoms with van der Waals surface area (Å²) in [4.78, 5) is 4.68. The van der Waals surface area contributed by atoms with E-state index in [0.29, 0.717) is 27.0 Å².